The second-order valence-corrected chi connectivity index (χ2v) is 10.2. The van der Waals surface area contributed by atoms with E-state index >= 15 is 0 Å². The first-order valence-electron chi connectivity index (χ1n) is 12.4. The van der Waals surface area contributed by atoms with Crippen LogP contribution in [0.15, 0.2) is 48.5 Å². The van der Waals surface area contributed by atoms with Crippen LogP contribution in [0.3, 0.4) is 0 Å². The second kappa shape index (κ2) is 11.7. The van der Waals surface area contributed by atoms with Gasteiger partial charge in [0.25, 0.3) is 0 Å². The van der Waals surface area contributed by atoms with Crippen LogP contribution in [0.4, 0.5) is 26.3 Å². The van der Waals surface area contributed by atoms with Crippen molar-refractivity contribution in [1.82, 2.24) is 0 Å². The number of alkyl halides is 6. The van der Waals surface area contributed by atoms with Crippen LogP contribution < -0.4 is 4.74 Å². The highest BCUT2D eigenvalue weighted by Crippen LogP contribution is 2.38. The summed E-state index contributed by atoms with van der Waals surface area (Å²) in [6.07, 6.45) is 0.399. The Morgan fingerprint density at radius 2 is 0.943 bits per heavy atom. The molecule has 35 heavy (non-hydrogen) atoms. The predicted molar refractivity (Wildman–Crippen MR) is 125 cm³/mol. The summed E-state index contributed by atoms with van der Waals surface area (Å²) < 4.78 is 77.2. The summed E-state index contributed by atoms with van der Waals surface area (Å²) in [5.41, 5.74) is 1.63. The van der Waals surface area contributed by atoms with Crippen LogP contribution in [0.2, 0.25) is 0 Å². The van der Waals surface area contributed by atoms with Gasteiger partial charge < -0.3 is 4.74 Å². The Bertz CT molecular complexity index is 885. The van der Waals surface area contributed by atoms with Gasteiger partial charge in [0.1, 0.15) is 5.75 Å². The van der Waals surface area contributed by atoms with Crippen LogP contribution >= 0.6 is 0 Å². The van der Waals surface area contributed by atoms with E-state index in [4.69, 9.17) is 0 Å². The third-order valence-corrected chi connectivity index (χ3v) is 7.33. The molecule has 2 aromatic carbocycles. The first kappa shape index (κ1) is 27.4. The number of hydrogen-bond donors (Lipinski definition) is 0. The zero-order valence-electron chi connectivity index (χ0n) is 20.3. The Kier molecular flexibility index (Phi) is 9.16. The molecule has 2 aliphatic rings. The van der Waals surface area contributed by atoms with Gasteiger partial charge in [-0.15, -0.1) is 13.2 Å². The summed E-state index contributed by atoms with van der Waals surface area (Å²) in [5.74, 6) is 2.33. The molecule has 0 spiro atoms. The summed E-state index contributed by atoms with van der Waals surface area (Å²) in [7, 11) is 0. The Morgan fingerprint density at radius 1 is 0.571 bits per heavy atom. The average molecular weight is 501 g/mol. The topological polar surface area (TPSA) is 9.23 Å². The molecule has 7 heteroatoms. The van der Waals surface area contributed by atoms with E-state index in [1.807, 2.05) is 0 Å². The molecular formula is C28H34F6O. The van der Waals surface area contributed by atoms with E-state index in [9.17, 15) is 26.3 Å². The van der Waals surface area contributed by atoms with Crippen molar-refractivity contribution in [3.63, 3.8) is 0 Å². The molecule has 194 valence electrons. The van der Waals surface area contributed by atoms with Gasteiger partial charge in [-0.2, -0.15) is 13.2 Å². The number of halogens is 6. The molecule has 0 aromatic heterocycles. The third-order valence-electron chi connectivity index (χ3n) is 7.33. The Labute approximate surface area is 203 Å². The van der Waals surface area contributed by atoms with Gasteiger partial charge in [-0.1, -0.05) is 63.8 Å². The summed E-state index contributed by atoms with van der Waals surface area (Å²) in [6.45, 7) is 4.49. The van der Waals surface area contributed by atoms with Gasteiger partial charge >= 0.3 is 12.5 Å². The molecule has 0 N–H and O–H groups in total. The molecule has 1 nitrogen and oxygen atoms in total. The van der Waals surface area contributed by atoms with Crippen molar-refractivity contribution >= 4 is 0 Å². The van der Waals surface area contributed by atoms with E-state index in [0.29, 0.717) is 11.8 Å². The van der Waals surface area contributed by atoms with Gasteiger partial charge in [-0.25, -0.2) is 0 Å². The standard InChI is InChI=1S/C14H17F3O.C14H17F3/c1-10-2-4-11(5-3-10)12-6-8-13(9-7-12)18-14(15,16)17;1-10-2-4-11(5-3-10)12-6-8-13(9-7-12)14(15,16)17/h6-11H,2-5H2,1H3;6-11H,2-5H2,1H3. The molecule has 0 radical (unpaired) electrons. The van der Waals surface area contributed by atoms with Gasteiger partial charge in [-0.05, 0) is 84.7 Å². The van der Waals surface area contributed by atoms with Crippen LogP contribution in [0.5, 0.6) is 5.75 Å². The number of benzene rings is 2. The molecule has 0 atom stereocenters. The second-order valence-electron chi connectivity index (χ2n) is 10.2. The molecule has 0 saturated heterocycles. The lowest BCUT2D eigenvalue weighted by Crippen LogP contribution is -2.17. The van der Waals surface area contributed by atoms with E-state index in [0.717, 1.165) is 48.6 Å². The molecule has 0 unspecified atom stereocenters. The molecule has 2 aromatic rings. The monoisotopic (exact) mass is 500 g/mol. The van der Waals surface area contributed by atoms with Crippen LogP contribution in [0.25, 0.3) is 0 Å². The fourth-order valence-electron chi connectivity index (χ4n) is 5.07. The summed E-state index contributed by atoms with van der Waals surface area (Å²) in [5, 5.41) is 0. The third kappa shape index (κ3) is 8.76. The van der Waals surface area contributed by atoms with E-state index < -0.39 is 18.1 Å². The quantitative estimate of drug-likeness (QED) is 0.381. The zero-order valence-corrected chi connectivity index (χ0v) is 20.3. The minimum Gasteiger partial charge on any atom is -0.406 e. The lowest BCUT2D eigenvalue weighted by molar-refractivity contribution is -0.274. The first-order chi connectivity index (χ1) is 16.4. The first-order valence-corrected chi connectivity index (χ1v) is 12.4. The molecule has 2 saturated carbocycles. The number of hydrogen-bond acceptors (Lipinski definition) is 1. The Balaban J connectivity index is 0.000000196. The normalized spacial score (nSPS) is 25.4. The number of ether oxygens (including phenoxy) is 1. The smallest absolute Gasteiger partial charge is 0.406 e. The highest BCUT2D eigenvalue weighted by Gasteiger charge is 2.31. The Hall–Kier alpha value is -2.18. The van der Waals surface area contributed by atoms with Crippen molar-refractivity contribution in [1.29, 1.82) is 0 Å². The largest absolute Gasteiger partial charge is 0.573 e. The maximum Gasteiger partial charge on any atom is 0.573 e. The zero-order chi connectivity index (χ0) is 25.6. The molecular weight excluding hydrogens is 466 g/mol. The van der Waals surface area contributed by atoms with E-state index in [2.05, 4.69) is 18.6 Å². The molecule has 4 rings (SSSR count). The van der Waals surface area contributed by atoms with Crippen molar-refractivity contribution in [2.24, 2.45) is 11.8 Å². The van der Waals surface area contributed by atoms with Gasteiger partial charge in [0.2, 0.25) is 0 Å². The predicted octanol–water partition coefficient (Wildman–Crippen LogP) is 9.88. The van der Waals surface area contributed by atoms with E-state index in [1.54, 1.807) is 24.3 Å². The lowest BCUT2D eigenvalue weighted by Gasteiger charge is -2.26. The lowest BCUT2D eigenvalue weighted by atomic mass is 9.79. The van der Waals surface area contributed by atoms with Crippen molar-refractivity contribution in [3.05, 3.63) is 65.2 Å². The minimum atomic E-state index is -4.61. The van der Waals surface area contributed by atoms with Crippen LogP contribution in [-0.4, -0.2) is 6.36 Å². The SMILES string of the molecule is CC1CCC(c2ccc(C(F)(F)F)cc2)CC1.CC1CCC(c2ccc(OC(F)(F)F)cc2)CC1. The Morgan fingerprint density at radius 3 is 1.29 bits per heavy atom. The van der Waals surface area contributed by atoms with Crippen molar-refractivity contribution in [2.75, 3.05) is 0 Å². The van der Waals surface area contributed by atoms with Gasteiger partial charge in [0.15, 0.2) is 0 Å². The van der Waals surface area contributed by atoms with Gasteiger partial charge in [0.05, 0.1) is 5.56 Å². The van der Waals surface area contributed by atoms with Crippen LogP contribution in [0, 0.1) is 11.8 Å². The van der Waals surface area contributed by atoms with Crippen LogP contribution in [0.1, 0.15) is 93.7 Å². The van der Waals surface area contributed by atoms with Crippen molar-refractivity contribution in [2.45, 2.75) is 89.6 Å². The summed E-state index contributed by atoms with van der Waals surface area (Å²) in [6, 6.07) is 12.0. The molecule has 0 bridgehead atoms. The summed E-state index contributed by atoms with van der Waals surface area (Å²) >= 11 is 0. The van der Waals surface area contributed by atoms with E-state index in [-0.39, 0.29) is 5.75 Å². The molecule has 2 aliphatic carbocycles. The maximum atomic E-state index is 12.4. The highest BCUT2D eigenvalue weighted by atomic mass is 19.4. The highest BCUT2D eigenvalue weighted by molar-refractivity contribution is 5.30. The average Bonchev–Trinajstić information content (AvgIpc) is 2.80. The molecule has 2 fully saturated rings. The maximum absolute atomic E-state index is 12.4. The molecule has 0 amide bonds. The minimum absolute atomic E-state index is 0.143. The summed E-state index contributed by atoms with van der Waals surface area (Å²) in [4.78, 5) is 0. The fraction of sp³-hybridized carbons (Fsp3) is 0.571. The molecule has 0 heterocycles. The van der Waals surface area contributed by atoms with Crippen molar-refractivity contribution < 1.29 is 31.1 Å². The van der Waals surface area contributed by atoms with Gasteiger partial charge in [-0.3, -0.25) is 0 Å². The van der Waals surface area contributed by atoms with Gasteiger partial charge in [0, 0.05) is 0 Å². The van der Waals surface area contributed by atoms with Crippen molar-refractivity contribution in [3.8, 4) is 5.75 Å². The fourth-order valence-corrected chi connectivity index (χ4v) is 5.07. The molecule has 0 aliphatic heterocycles. The number of rotatable bonds is 3. The van der Waals surface area contributed by atoms with Crippen LogP contribution in [-0.2, 0) is 6.18 Å². The van der Waals surface area contributed by atoms with E-state index in [1.165, 1.54) is 49.9 Å².